The summed E-state index contributed by atoms with van der Waals surface area (Å²) in [6, 6.07) is 3.29. The highest BCUT2D eigenvalue weighted by Gasteiger charge is 2.31. The number of nitrogens with one attached hydrogen (secondary N) is 2. The second kappa shape index (κ2) is 11.4. The number of hydrogen-bond acceptors (Lipinski definition) is 6. The van der Waals surface area contributed by atoms with Crippen molar-refractivity contribution < 1.29 is 22.8 Å². The summed E-state index contributed by atoms with van der Waals surface area (Å²) in [5.74, 6) is 0.324. The molecule has 1 unspecified atom stereocenters. The minimum absolute atomic E-state index is 0.0338. The van der Waals surface area contributed by atoms with Crippen LogP contribution in [0.5, 0.6) is 0 Å². The first-order chi connectivity index (χ1) is 17.2. The zero-order valence-electron chi connectivity index (χ0n) is 20.5. The van der Waals surface area contributed by atoms with Crippen LogP contribution in [0.25, 0.3) is 10.9 Å². The Balaban J connectivity index is 1.18. The fourth-order valence-electron chi connectivity index (χ4n) is 4.92. The molecule has 1 aromatic heterocycles. The second-order valence-corrected chi connectivity index (χ2v) is 9.61. The van der Waals surface area contributed by atoms with Crippen LogP contribution in [0.3, 0.4) is 0 Å². The van der Waals surface area contributed by atoms with Gasteiger partial charge in [-0.1, -0.05) is 6.92 Å². The predicted molar refractivity (Wildman–Crippen MR) is 130 cm³/mol. The quantitative estimate of drug-likeness (QED) is 0.514. The van der Waals surface area contributed by atoms with Gasteiger partial charge in [-0.25, -0.2) is 9.97 Å². The number of anilines is 1. The van der Waals surface area contributed by atoms with Gasteiger partial charge < -0.3 is 15.5 Å². The molecule has 2 saturated heterocycles. The zero-order chi connectivity index (χ0) is 25.7. The van der Waals surface area contributed by atoms with Gasteiger partial charge in [0, 0.05) is 37.5 Å². The Morgan fingerprint density at radius 2 is 1.92 bits per heavy atom. The smallest absolute Gasteiger partial charge is 0.360 e. The van der Waals surface area contributed by atoms with Crippen LogP contribution in [0, 0.1) is 5.92 Å². The van der Waals surface area contributed by atoms with E-state index in [1.54, 1.807) is 0 Å². The van der Waals surface area contributed by atoms with E-state index < -0.39 is 11.7 Å². The molecule has 0 bridgehead atoms. The molecule has 4 rings (SSSR count). The monoisotopic (exact) mass is 506 g/mol. The minimum Gasteiger partial charge on any atom is -0.360 e. The average Bonchev–Trinajstić information content (AvgIpc) is 3.37. The SMILES string of the molecule is CCC(CCCN1CC(NC(=O)CNc2ncnc3ccc(C(F)(F)F)cc23)C1)C(=O)N1CCCC1. The molecule has 2 amide bonds. The molecule has 36 heavy (non-hydrogen) atoms. The molecule has 1 aromatic carbocycles. The van der Waals surface area contributed by atoms with Crippen LogP contribution in [0.1, 0.15) is 44.6 Å². The molecule has 2 fully saturated rings. The number of carbonyl (C=O) groups excluding carboxylic acids is 2. The van der Waals surface area contributed by atoms with Crippen LogP contribution < -0.4 is 10.6 Å². The van der Waals surface area contributed by atoms with Gasteiger partial charge in [0.15, 0.2) is 0 Å². The Bertz CT molecular complexity index is 1070. The molecule has 3 heterocycles. The number of amides is 2. The van der Waals surface area contributed by atoms with E-state index in [0.717, 1.165) is 77.0 Å². The van der Waals surface area contributed by atoms with E-state index >= 15 is 0 Å². The summed E-state index contributed by atoms with van der Waals surface area (Å²) >= 11 is 0. The van der Waals surface area contributed by atoms with E-state index in [4.69, 9.17) is 0 Å². The predicted octanol–water partition coefficient (Wildman–Crippen LogP) is 3.29. The Morgan fingerprint density at radius 3 is 2.61 bits per heavy atom. The third kappa shape index (κ3) is 6.43. The molecule has 0 aliphatic carbocycles. The minimum atomic E-state index is -4.48. The van der Waals surface area contributed by atoms with Crippen molar-refractivity contribution in [1.82, 2.24) is 25.1 Å². The van der Waals surface area contributed by atoms with E-state index in [2.05, 4.69) is 32.4 Å². The summed E-state index contributed by atoms with van der Waals surface area (Å²) in [4.78, 5) is 37.2. The number of hydrogen-bond donors (Lipinski definition) is 2. The number of likely N-dealkylation sites (tertiary alicyclic amines) is 2. The average molecular weight is 507 g/mol. The standard InChI is InChI=1S/C25H33F3N6O2/c1-2-17(24(36)34-10-3-4-11-34)6-5-9-33-14-19(15-33)32-22(35)13-29-23-20-12-18(25(26,27)28)7-8-21(20)30-16-31-23/h7-8,12,16-17,19H,2-6,9-11,13-15H2,1H3,(H,32,35)(H,29,30,31). The van der Waals surface area contributed by atoms with E-state index in [9.17, 15) is 22.8 Å². The molecular weight excluding hydrogens is 473 g/mol. The molecule has 8 nitrogen and oxygen atoms in total. The maximum atomic E-state index is 13.1. The van der Waals surface area contributed by atoms with Crippen molar-refractivity contribution in [3.63, 3.8) is 0 Å². The number of halogens is 3. The van der Waals surface area contributed by atoms with Gasteiger partial charge in [-0.3, -0.25) is 14.5 Å². The lowest BCUT2D eigenvalue weighted by Gasteiger charge is -2.39. The lowest BCUT2D eigenvalue weighted by atomic mass is 9.97. The third-order valence-corrected chi connectivity index (χ3v) is 6.99. The molecule has 196 valence electrons. The van der Waals surface area contributed by atoms with Gasteiger partial charge in [0.25, 0.3) is 0 Å². The first kappa shape index (κ1) is 26.1. The van der Waals surface area contributed by atoms with Crippen LogP contribution in [0.15, 0.2) is 24.5 Å². The second-order valence-electron chi connectivity index (χ2n) is 9.61. The number of carbonyl (C=O) groups is 2. The van der Waals surface area contributed by atoms with E-state index in [0.29, 0.717) is 11.4 Å². The largest absolute Gasteiger partial charge is 0.416 e. The van der Waals surface area contributed by atoms with E-state index in [1.165, 1.54) is 12.4 Å². The fraction of sp³-hybridized carbons (Fsp3) is 0.600. The molecule has 0 radical (unpaired) electrons. The molecular formula is C25H33F3N6O2. The zero-order valence-corrected chi connectivity index (χ0v) is 20.5. The normalized spacial score (nSPS) is 17.7. The molecule has 2 aliphatic heterocycles. The van der Waals surface area contributed by atoms with Crippen molar-refractivity contribution >= 4 is 28.5 Å². The van der Waals surface area contributed by atoms with Crippen LogP contribution in [0.4, 0.5) is 19.0 Å². The van der Waals surface area contributed by atoms with Gasteiger partial charge in [-0.2, -0.15) is 13.2 Å². The van der Waals surface area contributed by atoms with Crippen molar-refractivity contribution in [2.24, 2.45) is 5.92 Å². The van der Waals surface area contributed by atoms with Crippen LogP contribution >= 0.6 is 0 Å². The van der Waals surface area contributed by atoms with Crippen LogP contribution in [-0.2, 0) is 15.8 Å². The van der Waals surface area contributed by atoms with Gasteiger partial charge in [0.1, 0.15) is 12.1 Å². The van der Waals surface area contributed by atoms with Gasteiger partial charge in [-0.15, -0.1) is 0 Å². The summed E-state index contributed by atoms with van der Waals surface area (Å²) in [5.41, 5.74) is -0.430. The lowest BCUT2D eigenvalue weighted by molar-refractivity contribution is -0.137. The van der Waals surface area contributed by atoms with Gasteiger partial charge >= 0.3 is 6.18 Å². The Labute approximate surface area is 208 Å². The number of alkyl halides is 3. The maximum absolute atomic E-state index is 13.1. The number of fused-ring (bicyclic) bond motifs is 1. The maximum Gasteiger partial charge on any atom is 0.416 e. The van der Waals surface area contributed by atoms with Crippen molar-refractivity contribution in [2.75, 3.05) is 44.6 Å². The van der Waals surface area contributed by atoms with Gasteiger partial charge in [0.2, 0.25) is 11.8 Å². The number of nitrogens with zero attached hydrogens (tertiary/aromatic N) is 4. The molecule has 0 spiro atoms. The number of rotatable bonds is 10. The van der Waals surface area contributed by atoms with Crippen molar-refractivity contribution in [2.45, 2.75) is 51.2 Å². The van der Waals surface area contributed by atoms with Crippen molar-refractivity contribution in [3.8, 4) is 0 Å². The van der Waals surface area contributed by atoms with Crippen LogP contribution in [0.2, 0.25) is 0 Å². The molecule has 2 aromatic rings. The molecule has 1 atom stereocenters. The van der Waals surface area contributed by atoms with Gasteiger partial charge in [-0.05, 0) is 56.8 Å². The Kier molecular flexibility index (Phi) is 8.28. The molecule has 0 saturated carbocycles. The third-order valence-electron chi connectivity index (χ3n) is 6.99. The molecule has 2 N–H and O–H groups in total. The van der Waals surface area contributed by atoms with E-state index in [-0.39, 0.29) is 35.6 Å². The van der Waals surface area contributed by atoms with Crippen molar-refractivity contribution in [3.05, 3.63) is 30.1 Å². The van der Waals surface area contributed by atoms with Gasteiger partial charge in [0.05, 0.1) is 23.7 Å². The van der Waals surface area contributed by atoms with Crippen LogP contribution in [-0.4, -0.2) is 76.9 Å². The first-order valence-corrected chi connectivity index (χ1v) is 12.6. The Morgan fingerprint density at radius 1 is 1.17 bits per heavy atom. The summed E-state index contributed by atoms with van der Waals surface area (Å²) in [7, 11) is 0. The Hall–Kier alpha value is -2.95. The first-order valence-electron chi connectivity index (χ1n) is 12.6. The van der Waals surface area contributed by atoms with E-state index in [1.807, 2.05) is 4.90 Å². The van der Waals surface area contributed by atoms with Crippen molar-refractivity contribution in [1.29, 1.82) is 0 Å². The molecule has 11 heteroatoms. The summed E-state index contributed by atoms with van der Waals surface area (Å²) in [6.07, 6.45) is 1.67. The molecule has 2 aliphatic rings. The lowest BCUT2D eigenvalue weighted by Crippen LogP contribution is -2.60. The summed E-state index contributed by atoms with van der Waals surface area (Å²) < 4.78 is 39.2. The highest BCUT2D eigenvalue weighted by atomic mass is 19.4. The highest BCUT2D eigenvalue weighted by Crippen LogP contribution is 2.32. The topological polar surface area (TPSA) is 90.5 Å². The number of benzene rings is 1. The summed E-state index contributed by atoms with van der Waals surface area (Å²) in [6.45, 7) is 6.13. The summed E-state index contributed by atoms with van der Waals surface area (Å²) in [5, 5.41) is 5.99. The highest BCUT2D eigenvalue weighted by molar-refractivity contribution is 5.91. The fourth-order valence-corrected chi connectivity index (χ4v) is 4.92. The number of aromatic nitrogens is 2.